The molecule has 0 saturated carbocycles. The fourth-order valence-corrected chi connectivity index (χ4v) is 1.69. The van der Waals surface area contributed by atoms with Gasteiger partial charge in [0.15, 0.2) is 0 Å². The normalized spacial score (nSPS) is 12.2. The van der Waals surface area contributed by atoms with Crippen molar-refractivity contribution in [1.29, 1.82) is 0 Å². The van der Waals surface area contributed by atoms with Crippen molar-refractivity contribution in [3.63, 3.8) is 0 Å². The van der Waals surface area contributed by atoms with Gasteiger partial charge in [-0.25, -0.2) is 9.59 Å². The third-order valence-corrected chi connectivity index (χ3v) is 2.61. The van der Waals surface area contributed by atoms with Crippen molar-refractivity contribution >= 4 is 18.0 Å². The number of methoxy groups -OCH3 is 1. The van der Waals surface area contributed by atoms with Gasteiger partial charge in [0, 0.05) is 6.42 Å². The molecule has 0 aliphatic heterocycles. The van der Waals surface area contributed by atoms with Crippen LogP contribution in [0.5, 0.6) is 0 Å². The van der Waals surface area contributed by atoms with E-state index in [9.17, 15) is 14.4 Å². The number of carbonyl (C=O) groups excluding carboxylic acids is 3. The van der Waals surface area contributed by atoms with E-state index in [4.69, 9.17) is 9.47 Å². The van der Waals surface area contributed by atoms with Gasteiger partial charge in [-0.05, 0) is 40.5 Å². The van der Waals surface area contributed by atoms with Crippen LogP contribution in [0.4, 0.5) is 4.79 Å². The topological polar surface area (TPSA) is 90.9 Å². The fourth-order valence-electron chi connectivity index (χ4n) is 1.69. The quantitative estimate of drug-likeness (QED) is 0.419. The van der Waals surface area contributed by atoms with Crippen LogP contribution in [0, 0.1) is 0 Å². The maximum atomic E-state index is 11.7. The molecule has 0 heterocycles. The van der Waals surface area contributed by atoms with Gasteiger partial charge >= 0.3 is 18.0 Å². The summed E-state index contributed by atoms with van der Waals surface area (Å²) in [7, 11) is 1.25. The predicted molar refractivity (Wildman–Crippen MR) is 80.3 cm³/mol. The van der Waals surface area contributed by atoms with Gasteiger partial charge in [0.2, 0.25) is 0 Å². The number of carbonyl (C=O) groups is 3. The molecule has 0 aliphatic rings. The van der Waals surface area contributed by atoms with Crippen molar-refractivity contribution in [3.8, 4) is 0 Å². The third kappa shape index (κ3) is 10.0. The number of nitrogens with one attached hydrogen (secondary N) is 1. The van der Waals surface area contributed by atoms with E-state index in [-0.39, 0.29) is 12.4 Å². The minimum absolute atomic E-state index is 0.266. The van der Waals surface area contributed by atoms with E-state index in [2.05, 4.69) is 10.1 Å². The van der Waals surface area contributed by atoms with Crippen LogP contribution in [0.2, 0.25) is 0 Å². The zero-order chi connectivity index (χ0) is 17.2. The number of unbranched alkanes of at least 4 members (excludes halogenated alkanes) is 1. The molecule has 0 aromatic heterocycles. The molecule has 1 N–H and O–H groups in total. The monoisotopic (exact) mass is 317 g/mol. The van der Waals surface area contributed by atoms with Gasteiger partial charge in [-0.1, -0.05) is 6.42 Å². The molecular weight excluding hydrogens is 290 g/mol. The van der Waals surface area contributed by atoms with Gasteiger partial charge in [0.05, 0.1) is 13.7 Å². The van der Waals surface area contributed by atoms with Crippen LogP contribution in [0.15, 0.2) is 0 Å². The number of hydrogen-bond acceptors (Lipinski definition) is 6. The first-order valence-electron chi connectivity index (χ1n) is 7.42. The van der Waals surface area contributed by atoms with Gasteiger partial charge in [-0.3, -0.25) is 4.79 Å². The van der Waals surface area contributed by atoms with E-state index in [0.717, 1.165) is 0 Å². The Kier molecular flexibility index (Phi) is 9.21. The van der Waals surface area contributed by atoms with Crippen LogP contribution in [0.25, 0.3) is 0 Å². The largest absolute Gasteiger partial charge is 0.467 e. The second kappa shape index (κ2) is 10.0. The number of alkyl carbamates (subject to hydrolysis) is 1. The molecular formula is C15H27NO6. The Bertz CT molecular complexity index is 375. The van der Waals surface area contributed by atoms with Crippen molar-refractivity contribution in [1.82, 2.24) is 5.32 Å². The Labute approximate surface area is 131 Å². The molecule has 22 heavy (non-hydrogen) atoms. The number of ether oxygens (including phenoxy) is 3. The third-order valence-electron chi connectivity index (χ3n) is 2.61. The summed E-state index contributed by atoms with van der Waals surface area (Å²) in [4.78, 5) is 34.6. The van der Waals surface area contributed by atoms with Gasteiger partial charge in [-0.15, -0.1) is 0 Å². The van der Waals surface area contributed by atoms with Crippen LogP contribution in [0.3, 0.4) is 0 Å². The van der Waals surface area contributed by atoms with Crippen molar-refractivity contribution in [2.24, 2.45) is 0 Å². The van der Waals surface area contributed by atoms with Crippen LogP contribution in [-0.2, 0) is 23.8 Å². The Hall–Kier alpha value is -1.79. The molecule has 7 nitrogen and oxygen atoms in total. The smallest absolute Gasteiger partial charge is 0.408 e. The molecule has 0 radical (unpaired) electrons. The lowest BCUT2D eigenvalue weighted by Gasteiger charge is -2.22. The summed E-state index contributed by atoms with van der Waals surface area (Å²) in [5.74, 6) is -0.806. The summed E-state index contributed by atoms with van der Waals surface area (Å²) in [6.45, 7) is 7.30. The lowest BCUT2D eigenvalue weighted by molar-refractivity contribution is -0.143. The molecule has 1 amide bonds. The number of hydrogen-bond donors (Lipinski definition) is 1. The summed E-state index contributed by atoms with van der Waals surface area (Å²) >= 11 is 0. The predicted octanol–water partition coefficient (Wildman–Crippen LogP) is 2.18. The Balaban J connectivity index is 4.27. The summed E-state index contributed by atoms with van der Waals surface area (Å²) in [5, 5.41) is 2.49. The minimum Gasteiger partial charge on any atom is -0.467 e. The zero-order valence-corrected chi connectivity index (χ0v) is 14.1. The van der Waals surface area contributed by atoms with E-state index in [1.54, 1.807) is 27.7 Å². The lowest BCUT2D eigenvalue weighted by Crippen LogP contribution is -2.44. The first-order chi connectivity index (χ1) is 10.2. The number of amides is 1. The van der Waals surface area contributed by atoms with Crippen molar-refractivity contribution in [2.75, 3.05) is 13.7 Å². The second-order valence-corrected chi connectivity index (χ2v) is 5.77. The Morgan fingerprint density at radius 1 is 1.14 bits per heavy atom. The summed E-state index contributed by atoms with van der Waals surface area (Å²) < 4.78 is 14.6. The molecule has 0 fully saturated rings. The molecule has 0 spiro atoms. The average Bonchev–Trinajstić information content (AvgIpc) is 2.39. The van der Waals surface area contributed by atoms with E-state index < -0.39 is 23.7 Å². The van der Waals surface area contributed by atoms with Crippen LogP contribution in [-0.4, -0.2) is 43.4 Å². The SMILES string of the molecule is CCOC(=O)CCCC[C@H](NC(=O)OC(C)(C)C)C(=O)OC. The van der Waals surface area contributed by atoms with Crippen LogP contribution >= 0.6 is 0 Å². The van der Waals surface area contributed by atoms with Crippen LogP contribution < -0.4 is 5.32 Å². The maximum absolute atomic E-state index is 11.7. The van der Waals surface area contributed by atoms with E-state index >= 15 is 0 Å². The molecule has 1 atom stereocenters. The maximum Gasteiger partial charge on any atom is 0.408 e. The molecule has 7 heteroatoms. The van der Waals surface area contributed by atoms with Gasteiger partial charge in [-0.2, -0.15) is 0 Å². The molecule has 0 aromatic rings. The minimum atomic E-state index is -0.790. The van der Waals surface area contributed by atoms with Gasteiger partial charge < -0.3 is 19.5 Å². The summed E-state index contributed by atoms with van der Waals surface area (Å²) in [5.41, 5.74) is -0.644. The van der Waals surface area contributed by atoms with Crippen molar-refractivity contribution in [2.45, 2.75) is 65.0 Å². The first kappa shape index (κ1) is 20.2. The molecule has 0 bridgehead atoms. The number of rotatable bonds is 8. The average molecular weight is 317 g/mol. The summed E-state index contributed by atoms with van der Waals surface area (Å²) in [6, 6.07) is -0.790. The van der Waals surface area contributed by atoms with Crippen LogP contribution in [0.1, 0.15) is 53.4 Å². The highest BCUT2D eigenvalue weighted by Gasteiger charge is 2.24. The van der Waals surface area contributed by atoms with E-state index in [1.807, 2.05) is 0 Å². The molecule has 0 rings (SSSR count). The summed E-state index contributed by atoms with van der Waals surface area (Å²) in [6.07, 6.45) is 1.13. The highest BCUT2D eigenvalue weighted by molar-refractivity contribution is 5.81. The first-order valence-corrected chi connectivity index (χ1v) is 7.42. The zero-order valence-electron chi connectivity index (χ0n) is 14.1. The molecule has 0 unspecified atom stereocenters. The van der Waals surface area contributed by atoms with Crippen molar-refractivity contribution in [3.05, 3.63) is 0 Å². The van der Waals surface area contributed by atoms with Gasteiger partial charge in [0.25, 0.3) is 0 Å². The molecule has 0 aromatic carbocycles. The lowest BCUT2D eigenvalue weighted by atomic mass is 10.1. The fraction of sp³-hybridized carbons (Fsp3) is 0.800. The van der Waals surface area contributed by atoms with Gasteiger partial charge in [0.1, 0.15) is 11.6 Å². The van der Waals surface area contributed by atoms with E-state index in [0.29, 0.717) is 25.9 Å². The standard InChI is InChI=1S/C15H27NO6/c1-6-21-12(17)10-8-7-9-11(13(18)20-5)16-14(19)22-15(2,3)4/h11H,6-10H2,1-5H3,(H,16,19)/t11-/m0/s1. The number of esters is 2. The van der Waals surface area contributed by atoms with Crippen molar-refractivity contribution < 1.29 is 28.6 Å². The molecule has 0 aliphatic carbocycles. The highest BCUT2D eigenvalue weighted by Crippen LogP contribution is 2.10. The molecule has 0 saturated heterocycles. The molecule has 128 valence electrons. The Morgan fingerprint density at radius 2 is 1.77 bits per heavy atom. The second-order valence-electron chi connectivity index (χ2n) is 5.77. The van der Waals surface area contributed by atoms with E-state index in [1.165, 1.54) is 7.11 Å². The Morgan fingerprint density at radius 3 is 2.27 bits per heavy atom. The highest BCUT2D eigenvalue weighted by atomic mass is 16.6.